The molecule has 1 aliphatic rings. The number of likely N-dealkylation sites (tertiary alicyclic amines) is 1. The molecule has 1 aliphatic heterocycles. The van der Waals surface area contributed by atoms with E-state index in [-0.39, 0.29) is 29.8 Å². The van der Waals surface area contributed by atoms with Gasteiger partial charge >= 0.3 is 11.7 Å². The summed E-state index contributed by atoms with van der Waals surface area (Å²) in [5, 5.41) is 18.1. The molecule has 0 unspecified atom stereocenters. The SMILES string of the molecule is CNC(=O)[C@@H]1CC[C@H](c2ccccc2)N1C(=O)c1ccc2cc(C(=O)N[C@@H](Cc3cccc4c(-n5c(=O)ccn(C)c5=O)cccc34)C(=O)O)ccc2c1. The van der Waals surface area contributed by atoms with Crippen molar-refractivity contribution in [2.45, 2.75) is 37.4 Å². The first-order valence-electron chi connectivity index (χ1n) is 17.5. The lowest BCUT2D eigenvalue weighted by molar-refractivity contribution is -0.139. The Labute approximate surface area is 309 Å². The number of nitrogens with one attached hydrogen (secondary N) is 2. The molecule has 272 valence electrons. The van der Waals surface area contributed by atoms with Crippen LogP contribution in [0.2, 0.25) is 0 Å². The average Bonchev–Trinajstić information content (AvgIpc) is 3.64. The van der Waals surface area contributed by atoms with Crippen molar-refractivity contribution >= 4 is 45.2 Å². The summed E-state index contributed by atoms with van der Waals surface area (Å²) in [5.74, 6) is -2.33. The minimum Gasteiger partial charge on any atom is -0.480 e. The monoisotopic (exact) mass is 723 g/mol. The van der Waals surface area contributed by atoms with E-state index in [0.717, 1.165) is 10.1 Å². The van der Waals surface area contributed by atoms with Crippen molar-refractivity contribution in [1.29, 1.82) is 0 Å². The smallest absolute Gasteiger partial charge is 0.335 e. The number of hydrogen-bond acceptors (Lipinski definition) is 6. The Hall–Kier alpha value is -6.82. The van der Waals surface area contributed by atoms with Crippen molar-refractivity contribution in [2.24, 2.45) is 7.05 Å². The maximum atomic E-state index is 14.0. The van der Waals surface area contributed by atoms with Gasteiger partial charge in [-0.15, -0.1) is 0 Å². The molecule has 0 bridgehead atoms. The zero-order valence-electron chi connectivity index (χ0n) is 29.6. The molecule has 1 saturated heterocycles. The third kappa shape index (κ3) is 6.65. The van der Waals surface area contributed by atoms with E-state index in [1.54, 1.807) is 91.8 Å². The van der Waals surface area contributed by atoms with Crippen LogP contribution in [0.15, 0.2) is 125 Å². The van der Waals surface area contributed by atoms with E-state index >= 15 is 0 Å². The van der Waals surface area contributed by atoms with E-state index in [1.165, 1.54) is 16.8 Å². The molecular formula is C42H37N5O7. The van der Waals surface area contributed by atoms with Crippen molar-refractivity contribution < 1.29 is 24.3 Å². The lowest BCUT2D eigenvalue weighted by Gasteiger charge is -2.30. The van der Waals surface area contributed by atoms with Crippen molar-refractivity contribution in [3.05, 3.63) is 158 Å². The van der Waals surface area contributed by atoms with E-state index in [2.05, 4.69) is 10.6 Å². The Kier molecular flexibility index (Phi) is 9.66. The summed E-state index contributed by atoms with van der Waals surface area (Å²) in [6.45, 7) is 0. The van der Waals surface area contributed by atoms with E-state index in [4.69, 9.17) is 0 Å². The minimum atomic E-state index is -1.30. The van der Waals surface area contributed by atoms with Gasteiger partial charge in [-0.2, -0.15) is 0 Å². The van der Waals surface area contributed by atoms with Gasteiger partial charge in [0.1, 0.15) is 12.1 Å². The number of carboxylic acid groups (broad SMARTS) is 1. The highest BCUT2D eigenvalue weighted by Crippen LogP contribution is 2.38. The summed E-state index contributed by atoms with van der Waals surface area (Å²) >= 11 is 0. The van der Waals surface area contributed by atoms with Crippen molar-refractivity contribution in [3.63, 3.8) is 0 Å². The largest absolute Gasteiger partial charge is 0.480 e. The molecule has 1 fully saturated rings. The average molecular weight is 724 g/mol. The van der Waals surface area contributed by atoms with Gasteiger partial charge < -0.3 is 25.2 Å². The summed E-state index contributed by atoms with van der Waals surface area (Å²) in [5.41, 5.74) is 1.53. The van der Waals surface area contributed by atoms with Gasteiger partial charge in [-0.05, 0) is 70.5 Å². The van der Waals surface area contributed by atoms with Crippen LogP contribution in [0.1, 0.15) is 50.7 Å². The number of nitrogens with zero attached hydrogens (tertiary/aromatic N) is 3. The number of aromatic nitrogens is 2. The molecule has 3 amide bonds. The highest BCUT2D eigenvalue weighted by molar-refractivity contribution is 6.04. The number of aliphatic carboxylic acids is 1. The lowest BCUT2D eigenvalue weighted by Crippen LogP contribution is -2.45. The highest BCUT2D eigenvalue weighted by atomic mass is 16.4. The Balaban J connectivity index is 1.13. The van der Waals surface area contributed by atoms with Crippen LogP contribution in [-0.2, 0) is 23.1 Å². The highest BCUT2D eigenvalue weighted by Gasteiger charge is 2.41. The van der Waals surface area contributed by atoms with Gasteiger partial charge in [0.2, 0.25) is 5.91 Å². The van der Waals surface area contributed by atoms with Gasteiger partial charge in [0.15, 0.2) is 0 Å². The number of rotatable bonds is 9. The molecule has 7 rings (SSSR count). The molecule has 0 spiro atoms. The van der Waals surface area contributed by atoms with Crippen LogP contribution >= 0.6 is 0 Å². The molecule has 1 aromatic heterocycles. The zero-order valence-corrected chi connectivity index (χ0v) is 29.6. The van der Waals surface area contributed by atoms with Crippen LogP contribution in [0, 0.1) is 0 Å². The second-order valence-corrected chi connectivity index (χ2v) is 13.4. The molecule has 0 radical (unpaired) electrons. The number of likely N-dealkylation sites (N-methyl/N-ethyl adjacent to an activating group) is 1. The topological polar surface area (TPSA) is 160 Å². The number of fused-ring (bicyclic) bond motifs is 2. The lowest BCUT2D eigenvalue weighted by atomic mass is 9.97. The first-order valence-corrected chi connectivity index (χ1v) is 17.5. The van der Waals surface area contributed by atoms with Crippen molar-refractivity contribution in [1.82, 2.24) is 24.7 Å². The second-order valence-electron chi connectivity index (χ2n) is 13.4. The van der Waals surface area contributed by atoms with Crippen LogP contribution in [0.4, 0.5) is 0 Å². The number of hydrogen-bond donors (Lipinski definition) is 3. The molecule has 0 saturated carbocycles. The van der Waals surface area contributed by atoms with Crippen LogP contribution in [0.5, 0.6) is 0 Å². The fourth-order valence-electron chi connectivity index (χ4n) is 7.37. The minimum absolute atomic E-state index is 0.0693. The van der Waals surface area contributed by atoms with Crippen LogP contribution in [0.25, 0.3) is 27.2 Å². The molecule has 0 aliphatic carbocycles. The third-order valence-electron chi connectivity index (χ3n) is 10.1. The first-order chi connectivity index (χ1) is 26.0. The van der Waals surface area contributed by atoms with E-state index in [0.29, 0.717) is 51.2 Å². The van der Waals surface area contributed by atoms with Crippen LogP contribution in [0.3, 0.4) is 0 Å². The number of carbonyl (C=O) groups is 4. The molecular weight excluding hydrogens is 686 g/mol. The van der Waals surface area contributed by atoms with Gasteiger partial charge in [0, 0.05) is 49.3 Å². The van der Waals surface area contributed by atoms with Gasteiger partial charge in [-0.25, -0.2) is 14.2 Å². The number of carboxylic acids is 1. The standard InChI is InChI=1S/C42H37N5O7/c1-43-39(50)36-19-18-34(25-8-4-3-5-9-25)46(36)40(51)30-17-15-26-22-29(16-14-27(26)23-30)38(49)44-33(41(52)53)24-28-10-6-12-32-31(28)11-7-13-35(32)47-37(48)20-21-45(2)42(47)54/h3-17,20-23,33-34,36H,18-19,24H2,1-2H3,(H,43,50)(H,44,49)(H,52,53)/t33-,34+,36-/m0/s1. The van der Waals surface area contributed by atoms with Crippen LogP contribution in [-0.4, -0.2) is 62.0 Å². The normalized spacial score (nSPS) is 15.9. The Bertz CT molecular complexity index is 2580. The summed E-state index contributed by atoms with van der Waals surface area (Å²) in [4.78, 5) is 80.1. The summed E-state index contributed by atoms with van der Waals surface area (Å²) in [7, 11) is 3.11. The molecule has 5 aromatic carbocycles. The van der Waals surface area contributed by atoms with E-state index < -0.39 is 35.2 Å². The van der Waals surface area contributed by atoms with Gasteiger partial charge in [-0.1, -0.05) is 72.8 Å². The first kappa shape index (κ1) is 35.6. The van der Waals surface area contributed by atoms with E-state index in [1.807, 2.05) is 30.3 Å². The predicted octanol–water partition coefficient (Wildman–Crippen LogP) is 4.36. The van der Waals surface area contributed by atoms with Gasteiger partial charge in [-0.3, -0.25) is 19.2 Å². The molecule has 3 N–H and O–H groups in total. The quantitative estimate of drug-likeness (QED) is 0.200. The second kappa shape index (κ2) is 14.7. The number of carbonyl (C=O) groups excluding carboxylic acids is 3. The summed E-state index contributed by atoms with van der Waals surface area (Å²) < 4.78 is 2.36. The maximum absolute atomic E-state index is 14.0. The van der Waals surface area contributed by atoms with Crippen molar-refractivity contribution in [2.75, 3.05) is 7.05 Å². The van der Waals surface area contributed by atoms with Gasteiger partial charge in [0.25, 0.3) is 17.4 Å². The maximum Gasteiger partial charge on any atom is 0.335 e. The predicted molar refractivity (Wildman–Crippen MR) is 204 cm³/mol. The zero-order chi connectivity index (χ0) is 38.1. The van der Waals surface area contributed by atoms with Crippen molar-refractivity contribution in [3.8, 4) is 5.69 Å². The third-order valence-corrected chi connectivity index (χ3v) is 10.1. The molecule has 2 heterocycles. The van der Waals surface area contributed by atoms with E-state index in [9.17, 15) is 33.9 Å². The Morgan fingerprint density at radius 3 is 2.20 bits per heavy atom. The fraction of sp³-hybridized carbons (Fsp3) is 0.190. The molecule has 12 nitrogen and oxygen atoms in total. The molecule has 6 aromatic rings. The van der Waals surface area contributed by atoms with Crippen LogP contribution < -0.4 is 21.9 Å². The number of benzene rings is 5. The number of amides is 3. The van der Waals surface area contributed by atoms with Gasteiger partial charge in [0.05, 0.1) is 11.7 Å². The summed E-state index contributed by atoms with van der Waals surface area (Å²) in [6, 6.07) is 29.1. The summed E-state index contributed by atoms with van der Waals surface area (Å²) in [6.07, 6.45) is 2.51. The molecule has 3 atom stereocenters. The molecule has 54 heavy (non-hydrogen) atoms. The number of aryl methyl sites for hydroxylation is 1. The fourth-order valence-corrected chi connectivity index (χ4v) is 7.37. The Morgan fingerprint density at radius 2 is 1.48 bits per heavy atom. The molecule has 12 heteroatoms. The Morgan fingerprint density at radius 1 is 0.796 bits per heavy atom.